The molecule has 1 saturated carbocycles. The van der Waals surface area contributed by atoms with Crippen molar-refractivity contribution in [3.63, 3.8) is 0 Å². The molecule has 118 valence electrons. The molecule has 5 nitrogen and oxygen atoms in total. The van der Waals surface area contributed by atoms with Crippen molar-refractivity contribution < 1.29 is 17.5 Å². The van der Waals surface area contributed by atoms with Crippen LogP contribution in [0, 0.1) is 5.82 Å². The second kappa shape index (κ2) is 7.31. The van der Waals surface area contributed by atoms with Crippen LogP contribution in [0.3, 0.4) is 0 Å². The number of hydrogen-bond donors (Lipinski definition) is 2. The lowest BCUT2D eigenvalue weighted by atomic mass is 9.94. The number of benzene rings is 1. The predicted octanol–water partition coefficient (Wildman–Crippen LogP) is 1.39. The molecule has 0 unspecified atom stereocenters. The number of ether oxygens (including phenoxy) is 1. The Morgan fingerprint density at radius 2 is 1.90 bits per heavy atom. The van der Waals surface area contributed by atoms with Crippen LogP contribution in [0.15, 0.2) is 29.2 Å². The van der Waals surface area contributed by atoms with Crippen molar-refractivity contribution in [3.8, 4) is 0 Å². The van der Waals surface area contributed by atoms with Gasteiger partial charge in [0, 0.05) is 12.6 Å². The quantitative estimate of drug-likeness (QED) is 0.777. The van der Waals surface area contributed by atoms with Gasteiger partial charge in [0.15, 0.2) is 0 Å². The molecule has 1 aliphatic carbocycles. The molecule has 0 aliphatic heterocycles. The highest BCUT2D eigenvalue weighted by atomic mass is 32.2. The molecule has 1 aliphatic rings. The molecular weight excluding hydrogens is 295 g/mol. The number of nitrogens with two attached hydrogens (primary N) is 1. The van der Waals surface area contributed by atoms with E-state index in [1.807, 2.05) is 0 Å². The normalized spacial score (nSPS) is 23.1. The Morgan fingerprint density at radius 1 is 1.24 bits per heavy atom. The minimum Gasteiger partial charge on any atom is -0.377 e. The molecule has 1 fully saturated rings. The summed E-state index contributed by atoms with van der Waals surface area (Å²) in [6.45, 7) is 0.396. The molecule has 2 rings (SSSR count). The zero-order valence-corrected chi connectivity index (χ0v) is 12.6. The minimum atomic E-state index is -3.83. The Hall–Kier alpha value is -1.02. The van der Waals surface area contributed by atoms with Crippen LogP contribution in [-0.2, 0) is 14.8 Å². The van der Waals surface area contributed by atoms with Crippen LogP contribution in [0.4, 0.5) is 4.39 Å². The molecule has 21 heavy (non-hydrogen) atoms. The molecule has 0 amide bonds. The number of sulfonamides is 1. The molecule has 1 aromatic carbocycles. The lowest BCUT2D eigenvalue weighted by Gasteiger charge is -2.26. The Bertz CT molecular complexity index is 557. The van der Waals surface area contributed by atoms with Crippen molar-refractivity contribution in [2.45, 2.75) is 42.7 Å². The lowest BCUT2D eigenvalue weighted by molar-refractivity contribution is 0.0287. The van der Waals surface area contributed by atoms with Crippen molar-refractivity contribution in [1.82, 2.24) is 4.72 Å². The van der Waals surface area contributed by atoms with Gasteiger partial charge in [-0.25, -0.2) is 17.5 Å². The van der Waals surface area contributed by atoms with E-state index in [9.17, 15) is 12.8 Å². The van der Waals surface area contributed by atoms with Gasteiger partial charge in [-0.05, 0) is 37.8 Å². The summed E-state index contributed by atoms with van der Waals surface area (Å²) < 4.78 is 45.3. The molecule has 0 radical (unpaired) electrons. The first kappa shape index (κ1) is 16.4. The van der Waals surface area contributed by atoms with Gasteiger partial charge in [0.2, 0.25) is 10.0 Å². The highest BCUT2D eigenvalue weighted by Gasteiger charge is 2.20. The van der Waals surface area contributed by atoms with E-state index in [4.69, 9.17) is 10.5 Å². The molecule has 0 spiro atoms. The molecule has 0 heterocycles. The van der Waals surface area contributed by atoms with Crippen LogP contribution in [0.2, 0.25) is 0 Å². The Labute approximate surface area is 124 Å². The zero-order chi connectivity index (χ0) is 15.3. The van der Waals surface area contributed by atoms with Gasteiger partial charge in [0.25, 0.3) is 0 Å². The van der Waals surface area contributed by atoms with E-state index in [0.717, 1.165) is 31.7 Å². The molecule has 0 atom stereocenters. The molecule has 0 bridgehead atoms. The Morgan fingerprint density at radius 3 is 2.57 bits per heavy atom. The summed E-state index contributed by atoms with van der Waals surface area (Å²) in [5.41, 5.74) is 5.80. The maximum Gasteiger partial charge on any atom is 0.243 e. The van der Waals surface area contributed by atoms with Gasteiger partial charge in [-0.2, -0.15) is 0 Å². The topological polar surface area (TPSA) is 81.4 Å². The molecule has 0 saturated heterocycles. The van der Waals surface area contributed by atoms with Gasteiger partial charge < -0.3 is 10.5 Å². The molecule has 7 heteroatoms. The first-order chi connectivity index (χ1) is 9.99. The van der Waals surface area contributed by atoms with Crippen LogP contribution >= 0.6 is 0 Å². The van der Waals surface area contributed by atoms with E-state index in [0.29, 0.717) is 0 Å². The van der Waals surface area contributed by atoms with Crippen molar-refractivity contribution in [2.24, 2.45) is 5.73 Å². The summed E-state index contributed by atoms with van der Waals surface area (Å²) >= 11 is 0. The average Bonchev–Trinajstić information content (AvgIpc) is 2.46. The number of nitrogens with one attached hydrogen (secondary N) is 1. The maximum atomic E-state index is 13.5. The number of halogens is 1. The molecule has 1 aromatic rings. The van der Waals surface area contributed by atoms with Crippen LogP contribution in [0.5, 0.6) is 0 Å². The number of hydrogen-bond acceptors (Lipinski definition) is 4. The fourth-order valence-corrected chi connectivity index (χ4v) is 3.49. The molecular formula is C14H21FN2O3S. The summed E-state index contributed by atoms with van der Waals surface area (Å²) in [4.78, 5) is -0.339. The zero-order valence-electron chi connectivity index (χ0n) is 11.8. The standard InChI is InChI=1S/C14H21FN2O3S/c15-13-3-1-2-4-14(13)21(18,19)17-9-10-20-12-7-5-11(16)6-8-12/h1-4,11-12,17H,5-10,16H2. The Kier molecular flexibility index (Phi) is 5.69. The van der Waals surface area contributed by atoms with E-state index in [-0.39, 0.29) is 30.2 Å². The third-order valence-electron chi connectivity index (χ3n) is 3.59. The van der Waals surface area contributed by atoms with Crippen molar-refractivity contribution in [3.05, 3.63) is 30.1 Å². The van der Waals surface area contributed by atoms with E-state index in [2.05, 4.69) is 4.72 Å². The highest BCUT2D eigenvalue weighted by Crippen LogP contribution is 2.19. The summed E-state index contributed by atoms with van der Waals surface area (Å²) in [5.74, 6) is -0.757. The van der Waals surface area contributed by atoms with Gasteiger partial charge in [-0.15, -0.1) is 0 Å². The highest BCUT2D eigenvalue weighted by molar-refractivity contribution is 7.89. The van der Waals surface area contributed by atoms with E-state index >= 15 is 0 Å². The third kappa shape index (κ3) is 4.74. The largest absolute Gasteiger partial charge is 0.377 e. The summed E-state index contributed by atoms with van der Waals surface area (Å²) in [5, 5.41) is 0. The van der Waals surface area contributed by atoms with Crippen LogP contribution < -0.4 is 10.5 Å². The first-order valence-electron chi connectivity index (χ1n) is 7.10. The molecule has 0 aromatic heterocycles. The molecule has 3 N–H and O–H groups in total. The summed E-state index contributed by atoms with van der Waals surface area (Å²) in [6, 6.07) is 5.55. The van der Waals surface area contributed by atoms with Crippen molar-refractivity contribution in [1.29, 1.82) is 0 Å². The third-order valence-corrected chi connectivity index (χ3v) is 5.09. The van der Waals surface area contributed by atoms with Gasteiger partial charge in [-0.3, -0.25) is 0 Å². The van der Waals surface area contributed by atoms with Crippen LogP contribution in [0.25, 0.3) is 0 Å². The van der Waals surface area contributed by atoms with Crippen LogP contribution in [-0.4, -0.2) is 33.7 Å². The smallest absolute Gasteiger partial charge is 0.243 e. The van der Waals surface area contributed by atoms with E-state index < -0.39 is 15.8 Å². The number of rotatable bonds is 6. The second-order valence-electron chi connectivity index (χ2n) is 5.24. The fourth-order valence-electron chi connectivity index (χ4n) is 2.40. The van der Waals surface area contributed by atoms with Gasteiger partial charge in [0.1, 0.15) is 10.7 Å². The van der Waals surface area contributed by atoms with Gasteiger partial charge in [-0.1, -0.05) is 12.1 Å². The minimum absolute atomic E-state index is 0.124. The Balaban J connectivity index is 1.77. The van der Waals surface area contributed by atoms with Crippen LogP contribution in [0.1, 0.15) is 25.7 Å². The van der Waals surface area contributed by atoms with E-state index in [1.165, 1.54) is 18.2 Å². The van der Waals surface area contributed by atoms with Gasteiger partial charge >= 0.3 is 0 Å². The first-order valence-corrected chi connectivity index (χ1v) is 8.59. The maximum absolute atomic E-state index is 13.5. The SMILES string of the molecule is NC1CCC(OCCNS(=O)(=O)c2ccccc2F)CC1. The van der Waals surface area contributed by atoms with Crippen molar-refractivity contribution in [2.75, 3.05) is 13.2 Å². The van der Waals surface area contributed by atoms with Gasteiger partial charge in [0.05, 0.1) is 12.7 Å². The average molecular weight is 316 g/mol. The fraction of sp³-hybridized carbons (Fsp3) is 0.571. The van der Waals surface area contributed by atoms with E-state index in [1.54, 1.807) is 0 Å². The second-order valence-corrected chi connectivity index (χ2v) is 6.97. The summed E-state index contributed by atoms with van der Waals surface area (Å²) in [7, 11) is -3.83. The monoisotopic (exact) mass is 316 g/mol. The summed E-state index contributed by atoms with van der Waals surface area (Å²) in [6.07, 6.45) is 3.82. The predicted molar refractivity (Wildman–Crippen MR) is 77.8 cm³/mol. The van der Waals surface area contributed by atoms with Crippen molar-refractivity contribution >= 4 is 10.0 Å². The lowest BCUT2D eigenvalue weighted by Crippen LogP contribution is -2.33.